The summed E-state index contributed by atoms with van der Waals surface area (Å²) in [5.41, 5.74) is 3.65. The van der Waals surface area contributed by atoms with Gasteiger partial charge in [0.1, 0.15) is 11.6 Å². The summed E-state index contributed by atoms with van der Waals surface area (Å²) in [6, 6.07) is 11.9. The lowest BCUT2D eigenvalue weighted by Crippen LogP contribution is -2.35. The van der Waals surface area contributed by atoms with Crippen LogP contribution in [-0.4, -0.2) is 23.1 Å². The molecule has 0 spiro atoms. The van der Waals surface area contributed by atoms with Crippen LogP contribution in [0.25, 0.3) is 11.4 Å². The summed E-state index contributed by atoms with van der Waals surface area (Å²) >= 11 is 0. The highest BCUT2D eigenvalue weighted by molar-refractivity contribution is 5.61. The molecule has 1 aliphatic heterocycles. The van der Waals surface area contributed by atoms with E-state index >= 15 is 0 Å². The van der Waals surface area contributed by atoms with E-state index in [1.165, 1.54) is 12.8 Å². The van der Waals surface area contributed by atoms with Crippen molar-refractivity contribution in [3.05, 3.63) is 36.4 Å². The van der Waals surface area contributed by atoms with Crippen LogP contribution in [-0.2, 0) is 0 Å². The van der Waals surface area contributed by atoms with E-state index in [2.05, 4.69) is 22.2 Å². The van der Waals surface area contributed by atoms with Gasteiger partial charge in [-0.05, 0) is 18.8 Å². The van der Waals surface area contributed by atoms with Gasteiger partial charge in [-0.1, -0.05) is 37.3 Å². The van der Waals surface area contributed by atoms with Crippen molar-refractivity contribution in [1.82, 2.24) is 9.97 Å². The topological polar surface area (TPSA) is 67.1 Å². The van der Waals surface area contributed by atoms with Gasteiger partial charge >= 0.3 is 0 Å². The minimum atomic E-state index is 0.650. The SMILES string of the molecule is CC1CCCN(c2cc(NN)nc(-c3ccccc3)n2)C1. The molecule has 1 aromatic heterocycles. The van der Waals surface area contributed by atoms with Crippen LogP contribution in [0.5, 0.6) is 0 Å². The second kappa shape index (κ2) is 6.10. The largest absolute Gasteiger partial charge is 0.356 e. The van der Waals surface area contributed by atoms with Gasteiger partial charge in [-0.25, -0.2) is 15.8 Å². The van der Waals surface area contributed by atoms with Crippen molar-refractivity contribution in [1.29, 1.82) is 0 Å². The fraction of sp³-hybridized carbons (Fsp3) is 0.375. The predicted octanol–water partition coefficient (Wildman–Crippen LogP) is 2.67. The van der Waals surface area contributed by atoms with Gasteiger partial charge < -0.3 is 10.3 Å². The molecule has 1 unspecified atom stereocenters. The van der Waals surface area contributed by atoms with Crippen molar-refractivity contribution >= 4 is 11.6 Å². The Balaban J connectivity index is 1.97. The molecule has 0 bridgehead atoms. The van der Waals surface area contributed by atoms with Crippen LogP contribution in [0.1, 0.15) is 19.8 Å². The summed E-state index contributed by atoms with van der Waals surface area (Å²) in [5.74, 6) is 8.57. The molecule has 2 heterocycles. The molecule has 3 rings (SSSR count). The predicted molar refractivity (Wildman–Crippen MR) is 85.9 cm³/mol. The monoisotopic (exact) mass is 283 g/mol. The lowest BCUT2D eigenvalue weighted by molar-refractivity contribution is 0.444. The number of nitrogens with two attached hydrogens (primary N) is 1. The Morgan fingerprint density at radius 1 is 1.24 bits per heavy atom. The number of hydrogen-bond acceptors (Lipinski definition) is 5. The molecule has 110 valence electrons. The van der Waals surface area contributed by atoms with E-state index in [0.717, 1.165) is 24.5 Å². The summed E-state index contributed by atoms with van der Waals surface area (Å²) in [6.45, 7) is 4.36. The van der Waals surface area contributed by atoms with E-state index in [1.54, 1.807) is 0 Å². The molecule has 3 N–H and O–H groups in total. The van der Waals surface area contributed by atoms with Crippen LogP contribution in [0.2, 0.25) is 0 Å². The second-order valence-corrected chi connectivity index (χ2v) is 5.64. The van der Waals surface area contributed by atoms with E-state index in [-0.39, 0.29) is 0 Å². The maximum absolute atomic E-state index is 5.56. The first kappa shape index (κ1) is 13.8. The number of nitrogens with zero attached hydrogens (tertiary/aromatic N) is 3. The molecule has 0 amide bonds. The highest BCUT2D eigenvalue weighted by atomic mass is 15.3. The van der Waals surface area contributed by atoms with Gasteiger partial charge in [-0.15, -0.1) is 0 Å². The van der Waals surface area contributed by atoms with Gasteiger partial charge in [0.25, 0.3) is 0 Å². The fourth-order valence-electron chi connectivity index (χ4n) is 2.78. The molecule has 5 heteroatoms. The lowest BCUT2D eigenvalue weighted by Gasteiger charge is -2.32. The Morgan fingerprint density at radius 2 is 2.05 bits per heavy atom. The minimum absolute atomic E-state index is 0.650. The molecule has 0 aliphatic carbocycles. The molecule has 0 radical (unpaired) electrons. The molecule has 1 atom stereocenters. The van der Waals surface area contributed by atoms with Gasteiger partial charge in [-0.2, -0.15) is 0 Å². The van der Waals surface area contributed by atoms with Crippen molar-refractivity contribution in [2.75, 3.05) is 23.4 Å². The zero-order valence-corrected chi connectivity index (χ0v) is 12.3. The third-order valence-corrected chi connectivity index (χ3v) is 3.87. The van der Waals surface area contributed by atoms with Gasteiger partial charge in [0, 0.05) is 24.7 Å². The third kappa shape index (κ3) is 3.13. The van der Waals surface area contributed by atoms with Crippen LogP contribution >= 0.6 is 0 Å². The first-order valence-electron chi connectivity index (χ1n) is 7.42. The van der Waals surface area contributed by atoms with Crippen molar-refractivity contribution in [2.24, 2.45) is 11.8 Å². The van der Waals surface area contributed by atoms with E-state index < -0.39 is 0 Å². The molecule has 0 saturated carbocycles. The van der Waals surface area contributed by atoms with Crippen molar-refractivity contribution < 1.29 is 0 Å². The number of anilines is 2. The third-order valence-electron chi connectivity index (χ3n) is 3.87. The number of piperidine rings is 1. The highest BCUT2D eigenvalue weighted by Gasteiger charge is 2.19. The Labute approximate surface area is 125 Å². The fourth-order valence-corrected chi connectivity index (χ4v) is 2.78. The maximum Gasteiger partial charge on any atom is 0.163 e. The number of nitrogen functional groups attached to an aromatic ring is 1. The number of nitrogens with one attached hydrogen (secondary N) is 1. The van der Waals surface area contributed by atoms with Crippen molar-refractivity contribution in [2.45, 2.75) is 19.8 Å². The van der Waals surface area contributed by atoms with E-state index in [4.69, 9.17) is 10.8 Å². The van der Waals surface area contributed by atoms with Crippen LogP contribution in [0.3, 0.4) is 0 Å². The van der Waals surface area contributed by atoms with Gasteiger partial charge in [-0.3, -0.25) is 0 Å². The Kier molecular flexibility index (Phi) is 4.01. The van der Waals surface area contributed by atoms with E-state index in [0.29, 0.717) is 17.6 Å². The zero-order chi connectivity index (χ0) is 14.7. The smallest absolute Gasteiger partial charge is 0.163 e. The Bertz CT molecular complexity index is 599. The van der Waals surface area contributed by atoms with Crippen LogP contribution in [0.4, 0.5) is 11.6 Å². The van der Waals surface area contributed by atoms with Crippen LogP contribution in [0, 0.1) is 5.92 Å². The molecule has 2 aromatic rings. The van der Waals surface area contributed by atoms with Gasteiger partial charge in [0.15, 0.2) is 5.82 Å². The van der Waals surface area contributed by atoms with E-state index in [1.807, 2.05) is 36.4 Å². The summed E-state index contributed by atoms with van der Waals surface area (Å²) in [6.07, 6.45) is 2.49. The molecule has 5 nitrogen and oxygen atoms in total. The first-order valence-corrected chi connectivity index (χ1v) is 7.42. The van der Waals surface area contributed by atoms with Crippen LogP contribution in [0.15, 0.2) is 36.4 Å². The Morgan fingerprint density at radius 3 is 2.76 bits per heavy atom. The molecular weight excluding hydrogens is 262 g/mol. The quantitative estimate of drug-likeness (QED) is 0.669. The molecular formula is C16H21N5. The van der Waals surface area contributed by atoms with E-state index in [9.17, 15) is 0 Å². The Hall–Kier alpha value is -2.14. The van der Waals surface area contributed by atoms with Crippen LogP contribution < -0.4 is 16.2 Å². The standard InChI is InChI=1S/C16H21N5/c1-12-6-5-9-21(11-12)15-10-14(20-17)18-16(19-15)13-7-3-2-4-8-13/h2-4,7-8,10,12H,5-6,9,11,17H2,1H3,(H,18,19,20). The van der Waals surface area contributed by atoms with Gasteiger partial charge in [0.2, 0.25) is 0 Å². The summed E-state index contributed by atoms with van der Waals surface area (Å²) < 4.78 is 0. The van der Waals surface area contributed by atoms with Gasteiger partial charge in [0.05, 0.1) is 0 Å². The molecule has 1 aliphatic rings. The number of hydrazine groups is 1. The average molecular weight is 283 g/mol. The lowest BCUT2D eigenvalue weighted by atomic mass is 10.0. The number of aromatic nitrogens is 2. The second-order valence-electron chi connectivity index (χ2n) is 5.64. The summed E-state index contributed by atoms with van der Waals surface area (Å²) in [7, 11) is 0. The summed E-state index contributed by atoms with van der Waals surface area (Å²) in [5, 5.41) is 0. The molecule has 21 heavy (non-hydrogen) atoms. The number of hydrogen-bond donors (Lipinski definition) is 2. The minimum Gasteiger partial charge on any atom is -0.356 e. The summed E-state index contributed by atoms with van der Waals surface area (Å²) in [4.78, 5) is 11.5. The maximum atomic E-state index is 5.56. The molecule has 1 aromatic carbocycles. The normalized spacial score (nSPS) is 18.6. The number of benzene rings is 1. The number of rotatable bonds is 3. The van der Waals surface area contributed by atoms with Crippen molar-refractivity contribution in [3.8, 4) is 11.4 Å². The molecule has 1 fully saturated rings. The molecule has 1 saturated heterocycles. The first-order chi connectivity index (χ1) is 10.3. The average Bonchev–Trinajstić information content (AvgIpc) is 2.55. The zero-order valence-electron chi connectivity index (χ0n) is 12.3. The highest BCUT2D eigenvalue weighted by Crippen LogP contribution is 2.25. The van der Waals surface area contributed by atoms with Crippen molar-refractivity contribution in [3.63, 3.8) is 0 Å².